The Hall–Kier alpha value is 0.160. The summed E-state index contributed by atoms with van der Waals surface area (Å²) < 4.78 is 30.3. The molecule has 0 unspecified atom stereocenters. The van der Waals surface area contributed by atoms with E-state index in [4.69, 9.17) is 16.3 Å². The molecule has 0 saturated carbocycles. The first-order chi connectivity index (χ1) is 7.58. The number of hydrogen-bond acceptors (Lipinski definition) is 3. The molecular formula is C10H22ClNO3S. The monoisotopic (exact) mass is 271 g/mol. The maximum absolute atomic E-state index is 11.9. The fourth-order valence-corrected chi connectivity index (χ4v) is 3.07. The van der Waals surface area contributed by atoms with E-state index in [1.807, 2.05) is 13.8 Å². The lowest BCUT2D eigenvalue weighted by atomic mass is 10.4. The minimum Gasteiger partial charge on any atom is -0.380 e. The van der Waals surface area contributed by atoms with Crippen molar-refractivity contribution in [2.45, 2.75) is 26.7 Å². The van der Waals surface area contributed by atoms with Crippen LogP contribution < -0.4 is 0 Å². The molecule has 0 aromatic carbocycles. The molecule has 0 aromatic rings. The van der Waals surface area contributed by atoms with Crippen LogP contribution in [0.15, 0.2) is 0 Å². The Balaban J connectivity index is 4.09. The Morgan fingerprint density at radius 1 is 1.25 bits per heavy atom. The molecule has 0 rings (SSSR count). The van der Waals surface area contributed by atoms with Crippen molar-refractivity contribution in [1.82, 2.24) is 4.31 Å². The van der Waals surface area contributed by atoms with Gasteiger partial charge in [0.05, 0.1) is 12.4 Å². The lowest BCUT2D eigenvalue weighted by molar-refractivity contribution is 0.135. The molecule has 0 radical (unpaired) electrons. The lowest BCUT2D eigenvalue weighted by Gasteiger charge is -2.20. The van der Waals surface area contributed by atoms with Crippen molar-refractivity contribution in [3.8, 4) is 0 Å². The van der Waals surface area contributed by atoms with Gasteiger partial charge in [-0.25, -0.2) is 8.42 Å². The smallest absolute Gasteiger partial charge is 0.214 e. The summed E-state index contributed by atoms with van der Waals surface area (Å²) in [6.07, 6.45) is 1.36. The van der Waals surface area contributed by atoms with E-state index in [9.17, 15) is 8.42 Å². The standard InChI is InChI=1S/C10H22ClNO3S/c1-3-12(8-9-15-4-2)16(13,14)10-6-5-7-11/h3-10H2,1-2H3. The molecule has 0 spiro atoms. The molecule has 4 nitrogen and oxygen atoms in total. The molecular weight excluding hydrogens is 250 g/mol. The van der Waals surface area contributed by atoms with Crippen LogP contribution in [-0.2, 0) is 14.8 Å². The predicted molar refractivity (Wildman–Crippen MR) is 67.5 cm³/mol. The van der Waals surface area contributed by atoms with E-state index in [1.165, 1.54) is 4.31 Å². The van der Waals surface area contributed by atoms with Crippen LogP contribution in [0.1, 0.15) is 26.7 Å². The highest BCUT2D eigenvalue weighted by molar-refractivity contribution is 7.89. The largest absolute Gasteiger partial charge is 0.380 e. The van der Waals surface area contributed by atoms with Gasteiger partial charge in [-0.15, -0.1) is 11.6 Å². The normalized spacial score (nSPS) is 12.2. The number of halogens is 1. The summed E-state index contributed by atoms with van der Waals surface area (Å²) in [7, 11) is -3.13. The van der Waals surface area contributed by atoms with E-state index in [2.05, 4.69) is 0 Å². The van der Waals surface area contributed by atoms with Crippen LogP contribution in [0.2, 0.25) is 0 Å². The summed E-state index contributed by atoms with van der Waals surface area (Å²) in [6.45, 7) is 5.74. The molecule has 0 N–H and O–H groups in total. The quantitative estimate of drug-likeness (QED) is 0.449. The second-order valence-corrected chi connectivity index (χ2v) is 5.87. The topological polar surface area (TPSA) is 46.6 Å². The summed E-state index contributed by atoms with van der Waals surface area (Å²) in [6, 6.07) is 0. The molecule has 6 heteroatoms. The van der Waals surface area contributed by atoms with Crippen LogP contribution in [0.3, 0.4) is 0 Å². The van der Waals surface area contributed by atoms with Crippen molar-refractivity contribution in [2.24, 2.45) is 0 Å². The van der Waals surface area contributed by atoms with Gasteiger partial charge in [-0.05, 0) is 19.8 Å². The van der Waals surface area contributed by atoms with Crippen LogP contribution in [0, 0.1) is 0 Å². The minimum absolute atomic E-state index is 0.180. The van der Waals surface area contributed by atoms with Gasteiger partial charge in [-0.2, -0.15) is 4.31 Å². The summed E-state index contributed by atoms with van der Waals surface area (Å²) in [4.78, 5) is 0. The van der Waals surface area contributed by atoms with Crippen LogP contribution in [0.4, 0.5) is 0 Å². The first kappa shape index (κ1) is 16.2. The Labute approximate surface area is 104 Å². The van der Waals surface area contributed by atoms with Crippen molar-refractivity contribution < 1.29 is 13.2 Å². The number of unbranched alkanes of at least 4 members (excludes halogenated alkanes) is 1. The van der Waals surface area contributed by atoms with E-state index in [0.29, 0.717) is 38.6 Å². The molecule has 0 aliphatic heterocycles. The van der Waals surface area contributed by atoms with Crippen LogP contribution >= 0.6 is 11.6 Å². The van der Waals surface area contributed by atoms with Crippen LogP contribution in [-0.4, -0.2) is 50.7 Å². The second-order valence-electron chi connectivity index (χ2n) is 3.40. The Morgan fingerprint density at radius 2 is 1.94 bits per heavy atom. The first-order valence-electron chi connectivity index (χ1n) is 5.70. The second kappa shape index (κ2) is 9.22. The molecule has 0 saturated heterocycles. The maximum atomic E-state index is 11.9. The molecule has 0 aliphatic rings. The van der Waals surface area contributed by atoms with Crippen molar-refractivity contribution >= 4 is 21.6 Å². The molecule has 0 amide bonds. The molecule has 0 aliphatic carbocycles. The summed E-state index contributed by atoms with van der Waals surface area (Å²) in [5.74, 6) is 0.695. The maximum Gasteiger partial charge on any atom is 0.214 e. The predicted octanol–water partition coefficient (Wildman–Crippen LogP) is 1.69. The number of sulfonamides is 1. The molecule has 98 valence electrons. The number of rotatable bonds is 10. The van der Waals surface area contributed by atoms with Gasteiger partial charge in [-0.3, -0.25) is 0 Å². The zero-order chi connectivity index (χ0) is 12.4. The zero-order valence-corrected chi connectivity index (χ0v) is 11.7. The number of likely N-dealkylation sites (N-methyl/N-ethyl adjacent to an activating group) is 1. The van der Waals surface area contributed by atoms with Crippen LogP contribution in [0.5, 0.6) is 0 Å². The lowest BCUT2D eigenvalue weighted by Crippen LogP contribution is -2.35. The minimum atomic E-state index is -3.13. The van der Waals surface area contributed by atoms with Crippen molar-refractivity contribution in [3.05, 3.63) is 0 Å². The summed E-state index contributed by atoms with van der Waals surface area (Å²) in [5.41, 5.74) is 0. The molecule has 0 fully saturated rings. The molecule has 0 atom stereocenters. The SMILES string of the molecule is CCOCCN(CC)S(=O)(=O)CCCCCl. The third-order valence-electron chi connectivity index (χ3n) is 2.22. The van der Waals surface area contributed by atoms with Gasteiger partial charge >= 0.3 is 0 Å². The fourth-order valence-electron chi connectivity index (χ4n) is 1.31. The van der Waals surface area contributed by atoms with Crippen molar-refractivity contribution in [1.29, 1.82) is 0 Å². The fraction of sp³-hybridized carbons (Fsp3) is 1.00. The van der Waals surface area contributed by atoms with Crippen LogP contribution in [0.25, 0.3) is 0 Å². The van der Waals surface area contributed by atoms with Gasteiger partial charge in [0.2, 0.25) is 10.0 Å². The van der Waals surface area contributed by atoms with Gasteiger partial charge in [0.15, 0.2) is 0 Å². The summed E-state index contributed by atoms with van der Waals surface area (Å²) in [5, 5.41) is 0. The number of hydrogen-bond donors (Lipinski definition) is 0. The van der Waals surface area contributed by atoms with Gasteiger partial charge in [0.1, 0.15) is 0 Å². The van der Waals surface area contributed by atoms with Crippen molar-refractivity contribution in [2.75, 3.05) is 37.9 Å². The Kier molecular flexibility index (Phi) is 9.31. The molecule has 0 heterocycles. The third-order valence-corrected chi connectivity index (χ3v) is 4.52. The highest BCUT2D eigenvalue weighted by atomic mass is 35.5. The van der Waals surface area contributed by atoms with Gasteiger partial charge in [0, 0.05) is 25.6 Å². The third kappa shape index (κ3) is 6.68. The highest BCUT2D eigenvalue weighted by Gasteiger charge is 2.19. The Morgan fingerprint density at radius 3 is 2.44 bits per heavy atom. The van der Waals surface area contributed by atoms with E-state index in [-0.39, 0.29) is 5.75 Å². The Bertz CT molecular complexity index is 257. The number of alkyl halides is 1. The number of nitrogens with zero attached hydrogens (tertiary/aromatic N) is 1. The van der Waals surface area contributed by atoms with Gasteiger partial charge in [-0.1, -0.05) is 6.92 Å². The first-order valence-corrected chi connectivity index (χ1v) is 7.84. The van der Waals surface area contributed by atoms with E-state index >= 15 is 0 Å². The summed E-state index contributed by atoms with van der Waals surface area (Å²) >= 11 is 5.52. The van der Waals surface area contributed by atoms with Gasteiger partial charge < -0.3 is 4.74 Å². The van der Waals surface area contributed by atoms with Crippen molar-refractivity contribution in [3.63, 3.8) is 0 Å². The number of ether oxygens (including phenoxy) is 1. The van der Waals surface area contributed by atoms with E-state index in [0.717, 1.165) is 6.42 Å². The molecule has 0 aromatic heterocycles. The van der Waals surface area contributed by atoms with E-state index < -0.39 is 10.0 Å². The van der Waals surface area contributed by atoms with Gasteiger partial charge in [0.25, 0.3) is 0 Å². The molecule has 0 bridgehead atoms. The average Bonchev–Trinajstić information content (AvgIpc) is 2.24. The highest BCUT2D eigenvalue weighted by Crippen LogP contribution is 2.05. The van der Waals surface area contributed by atoms with E-state index in [1.54, 1.807) is 0 Å². The zero-order valence-electron chi connectivity index (χ0n) is 10.1. The molecule has 16 heavy (non-hydrogen) atoms. The average molecular weight is 272 g/mol.